The SMILES string of the molecule is O=CCc1ccc2ccccn12. The Balaban J connectivity index is 2.62. The number of rotatable bonds is 2. The quantitative estimate of drug-likeness (QED) is 0.611. The number of aromatic nitrogens is 1. The number of fused-ring (bicyclic) bond motifs is 1. The van der Waals surface area contributed by atoms with Crippen LogP contribution in [0.4, 0.5) is 0 Å². The van der Waals surface area contributed by atoms with E-state index < -0.39 is 0 Å². The summed E-state index contributed by atoms with van der Waals surface area (Å²) in [5.41, 5.74) is 2.18. The molecule has 0 bridgehead atoms. The van der Waals surface area contributed by atoms with Crippen LogP contribution in [0.1, 0.15) is 5.69 Å². The third-order valence-corrected chi connectivity index (χ3v) is 1.94. The molecule has 60 valence electrons. The number of aldehydes is 1. The molecule has 2 aromatic rings. The topological polar surface area (TPSA) is 21.5 Å². The Morgan fingerprint density at radius 1 is 1.25 bits per heavy atom. The fourth-order valence-electron chi connectivity index (χ4n) is 1.37. The van der Waals surface area contributed by atoms with Gasteiger partial charge in [-0.3, -0.25) is 0 Å². The molecule has 0 fully saturated rings. The van der Waals surface area contributed by atoms with Crippen LogP contribution in [0.3, 0.4) is 0 Å². The second-order valence-corrected chi connectivity index (χ2v) is 2.69. The lowest BCUT2D eigenvalue weighted by Crippen LogP contribution is -1.91. The highest BCUT2D eigenvalue weighted by Gasteiger charge is 1.97. The summed E-state index contributed by atoms with van der Waals surface area (Å²) in [4.78, 5) is 10.3. The fraction of sp³-hybridized carbons (Fsp3) is 0.100. The molecule has 0 N–H and O–H groups in total. The van der Waals surface area contributed by atoms with Gasteiger partial charge in [0.05, 0.1) is 0 Å². The van der Waals surface area contributed by atoms with Crippen molar-refractivity contribution in [3.05, 3.63) is 42.2 Å². The van der Waals surface area contributed by atoms with Gasteiger partial charge in [-0.15, -0.1) is 0 Å². The first kappa shape index (κ1) is 7.10. The van der Waals surface area contributed by atoms with Crippen LogP contribution in [0.5, 0.6) is 0 Å². The largest absolute Gasteiger partial charge is 0.320 e. The summed E-state index contributed by atoms with van der Waals surface area (Å²) in [5, 5.41) is 0. The molecule has 12 heavy (non-hydrogen) atoms. The lowest BCUT2D eigenvalue weighted by atomic mass is 10.3. The number of carbonyl (C=O) groups excluding carboxylic acids is 1. The van der Waals surface area contributed by atoms with E-state index in [4.69, 9.17) is 0 Å². The Morgan fingerprint density at radius 2 is 2.17 bits per heavy atom. The molecule has 2 heterocycles. The smallest absolute Gasteiger partial charge is 0.125 e. The molecule has 0 unspecified atom stereocenters. The highest BCUT2D eigenvalue weighted by atomic mass is 16.1. The predicted octanol–water partition coefficient (Wildman–Crippen LogP) is 1.68. The molecule has 2 aromatic heterocycles. The van der Waals surface area contributed by atoms with Gasteiger partial charge in [0.15, 0.2) is 0 Å². The van der Waals surface area contributed by atoms with E-state index in [0.29, 0.717) is 6.42 Å². The maximum absolute atomic E-state index is 10.3. The van der Waals surface area contributed by atoms with Gasteiger partial charge < -0.3 is 9.20 Å². The summed E-state index contributed by atoms with van der Waals surface area (Å²) in [7, 11) is 0. The zero-order chi connectivity index (χ0) is 8.39. The van der Waals surface area contributed by atoms with Gasteiger partial charge in [-0.05, 0) is 24.3 Å². The van der Waals surface area contributed by atoms with Crippen molar-refractivity contribution < 1.29 is 4.79 Å². The summed E-state index contributed by atoms with van der Waals surface area (Å²) in [6.45, 7) is 0. The van der Waals surface area contributed by atoms with Crippen LogP contribution in [0.15, 0.2) is 36.5 Å². The molecule has 0 aliphatic rings. The van der Waals surface area contributed by atoms with Crippen molar-refractivity contribution in [1.82, 2.24) is 4.40 Å². The van der Waals surface area contributed by atoms with E-state index in [0.717, 1.165) is 17.5 Å². The zero-order valence-electron chi connectivity index (χ0n) is 6.60. The van der Waals surface area contributed by atoms with Crippen LogP contribution in [-0.4, -0.2) is 10.7 Å². The highest BCUT2D eigenvalue weighted by molar-refractivity contribution is 5.57. The van der Waals surface area contributed by atoms with Crippen molar-refractivity contribution in [2.75, 3.05) is 0 Å². The Kier molecular flexibility index (Phi) is 1.67. The fourth-order valence-corrected chi connectivity index (χ4v) is 1.37. The monoisotopic (exact) mass is 159 g/mol. The van der Waals surface area contributed by atoms with Gasteiger partial charge in [0.2, 0.25) is 0 Å². The van der Waals surface area contributed by atoms with Gasteiger partial charge >= 0.3 is 0 Å². The number of nitrogens with zero attached hydrogens (tertiary/aromatic N) is 1. The van der Waals surface area contributed by atoms with E-state index in [2.05, 4.69) is 0 Å². The Bertz CT molecular complexity index is 403. The molecule has 0 amide bonds. The minimum Gasteiger partial charge on any atom is -0.320 e. The summed E-state index contributed by atoms with van der Waals surface area (Å²) in [5.74, 6) is 0. The van der Waals surface area contributed by atoms with E-state index >= 15 is 0 Å². The average molecular weight is 159 g/mol. The number of hydrogen-bond donors (Lipinski definition) is 0. The van der Waals surface area contributed by atoms with Crippen molar-refractivity contribution >= 4 is 11.8 Å². The normalized spacial score (nSPS) is 10.3. The minimum atomic E-state index is 0.484. The summed E-state index contributed by atoms with van der Waals surface area (Å²) >= 11 is 0. The van der Waals surface area contributed by atoms with Crippen molar-refractivity contribution in [3.8, 4) is 0 Å². The van der Waals surface area contributed by atoms with E-state index in [9.17, 15) is 4.79 Å². The van der Waals surface area contributed by atoms with Crippen molar-refractivity contribution in [3.63, 3.8) is 0 Å². The van der Waals surface area contributed by atoms with Gasteiger partial charge in [-0.2, -0.15) is 0 Å². The van der Waals surface area contributed by atoms with Crippen LogP contribution >= 0.6 is 0 Å². The molecule has 0 radical (unpaired) electrons. The van der Waals surface area contributed by atoms with Gasteiger partial charge in [-0.25, -0.2) is 0 Å². The third kappa shape index (κ3) is 1.01. The Labute approximate surface area is 70.4 Å². The first-order chi connectivity index (χ1) is 5.92. The summed E-state index contributed by atoms with van der Waals surface area (Å²) in [6, 6.07) is 9.96. The van der Waals surface area contributed by atoms with Crippen molar-refractivity contribution in [2.24, 2.45) is 0 Å². The zero-order valence-corrected chi connectivity index (χ0v) is 6.60. The van der Waals surface area contributed by atoms with Crippen LogP contribution in [-0.2, 0) is 11.2 Å². The van der Waals surface area contributed by atoms with Crippen molar-refractivity contribution in [1.29, 1.82) is 0 Å². The molecule has 0 spiro atoms. The molecule has 0 aliphatic heterocycles. The number of pyridine rings is 1. The van der Waals surface area contributed by atoms with Crippen LogP contribution in [0, 0.1) is 0 Å². The van der Waals surface area contributed by atoms with Gasteiger partial charge in [0.25, 0.3) is 0 Å². The van der Waals surface area contributed by atoms with Gasteiger partial charge in [0, 0.05) is 23.8 Å². The van der Waals surface area contributed by atoms with E-state index in [-0.39, 0.29) is 0 Å². The molecule has 0 aliphatic carbocycles. The molecule has 0 aromatic carbocycles. The molecular weight excluding hydrogens is 150 g/mol. The van der Waals surface area contributed by atoms with Crippen LogP contribution < -0.4 is 0 Å². The Hall–Kier alpha value is -1.57. The molecule has 0 saturated carbocycles. The highest BCUT2D eigenvalue weighted by Crippen LogP contribution is 2.08. The summed E-state index contributed by atoms with van der Waals surface area (Å²) < 4.78 is 2.02. The lowest BCUT2D eigenvalue weighted by Gasteiger charge is -1.96. The first-order valence-corrected chi connectivity index (χ1v) is 3.90. The van der Waals surface area contributed by atoms with E-state index in [1.165, 1.54) is 0 Å². The summed E-state index contributed by atoms with van der Waals surface area (Å²) in [6.07, 6.45) is 3.38. The minimum absolute atomic E-state index is 0.484. The molecule has 2 heteroatoms. The standard InChI is InChI=1S/C10H9NO/c12-8-6-10-5-4-9-3-1-2-7-11(9)10/h1-5,7-8H,6H2. The predicted molar refractivity (Wildman–Crippen MR) is 47.2 cm³/mol. The maximum Gasteiger partial charge on any atom is 0.125 e. The van der Waals surface area contributed by atoms with E-state index in [1.807, 2.05) is 40.9 Å². The molecule has 0 saturated heterocycles. The second-order valence-electron chi connectivity index (χ2n) is 2.69. The Morgan fingerprint density at radius 3 is 3.00 bits per heavy atom. The number of carbonyl (C=O) groups is 1. The third-order valence-electron chi connectivity index (χ3n) is 1.94. The van der Waals surface area contributed by atoms with Crippen molar-refractivity contribution in [2.45, 2.75) is 6.42 Å². The average Bonchev–Trinajstić information content (AvgIpc) is 2.50. The molecule has 2 rings (SSSR count). The van der Waals surface area contributed by atoms with Gasteiger partial charge in [-0.1, -0.05) is 6.07 Å². The first-order valence-electron chi connectivity index (χ1n) is 3.90. The number of hydrogen-bond acceptors (Lipinski definition) is 1. The molecule has 0 atom stereocenters. The van der Waals surface area contributed by atoms with E-state index in [1.54, 1.807) is 0 Å². The lowest BCUT2D eigenvalue weighted by molar-refractivity contribution is -0.107. The maximum atomic E-state index is 10.3. The van der Waals surface area contributed by atoms with Crippen LogP contribution in [0.25, 0.3) is 5.52 Å². The van der Waals surface area contributed by atoms with Crippen LogP contribution in [0.2, 0.25) is 0 Å². The van der Waals surface area contributed by atoms with Gasteiger partial charge in [0.1, 0.15) is 6.29 Å². The second kappa shape index (κ2) is 2.81. The molecule has 2 nitrogen and oxygen atoms in total. The molecular formula is C10H9NO.